The molecule has 2 heterocycles. The molecule has 2 aromatic rings. The first kappa shape index (κ1) is 20.9. The molecule has 0 radical (unpaired) electrons. The molecule has 2 aromatic heterocycles. The van der Waals surface area contributed by atoms with Gasteiger partial charge in [0.05, 0.1) is 11.1 Å². The minimum absolute atomic E-state index is 0.0139. The summed E-state index contributed by atoms with van der Waals surface area (Å²) in [5.41, 5.74) is 1.15. The van der Waals surface area contributed by atoms with E-state index < -0.39 is 11.9 Å². The average molecular weight is 423 g/mol. The van der Waals surface area contributed by atoms with Crippen molar-refractivity contribution in [2.45, 2.75) is 51.7 Å². The second kappa shape index (κ2) is 8.65. The maximum atomic E-state index is 13.3. The smallest absolute Gasteiger partial charge is 0.321 e. The first-order chi connectivity index (χ1) is 13.3. The summed E-state index contributed by atoms with van der Waals surface area (Å²) in [7, 11) is 1.45. The van der Waals surface area contributed by atoms with Gasteiger partial charge in [-0.2, -0.15) is 0 Å². The lowest BCUT2D eigenvalue weighted by Gasteiger charge is -2.18. The number of hydrogen-bond acceptors (Lipinski definition) is 6. The van der Waals surface area contributed by atoms with Crippen LogP contribution in [0.25, 0.3) is 10.2 Å². The summed E-state index contributed by atoms with van der Waals surface area (Å²) >= 11 is 2.80. The Labute approximate surface area is 172 Å². The van der Waals surface area contributed by atoms with Gasteiger partial charge < -0.3 is 5.32 Å². The zero-order chi connectivity index (χ0) is 20.4. The number of aromatic nitrogens is 2. The maximum absolute atomic E-state index is 13.3. The van der Waals surface area contributed by atoms with Gasteiger partial charge in [-0.15, -0.1) is 11.3 Å². The van der Waals surface area contributed by atoms with Gasteiger partial charge in [0.15, 0.2) is 5.16 Å². The van der Waals surface area contributed by atoms with E-state index in [1.807, 2.05) is 13.8 Å². The second-order valence-corrected chi connectivity index (χ2v) is 9.68. The van der Waals surface area contributed by atoms with Gasteiger partial charge in [-0.1, -0.05) is 32.5 Å². The minimum atomic E-state index is -0.548. The van der Waals surface area contributed by atoms with Gasteiger partial charge in [-0.25, -0.2) is 9.78 Å². The van der Waals surface area contributed by atoms with Gasteiger partial charge in [0, 0.05) is 18.5 Å². The molecule has 9 heteroatoms. The molecule has 0 spiro atoms. The number of urea groups is 1. The number of thioether (sulfide) groups is 1. The number of amides is 3. The van der Waals surface area contributed by atoms with Crippen molar-refractivity contribution in [1.82, 2.24) is 20.2 Å². The Hall–Kier alpha value is -1.87. The van der Waals surface area contributed by atoms with Gasteiger partial charge in [0.25, 0.3) is 5.56 Å². The van der Waals surface area contributed by atoms with Crippen LogP contribution in [-0.4, -0.2) is 34.3 Å². The summed E-state index contributed by atoms with van der Waals surface area (Å²) in [4.78, 5) is 43.4. The van der Waals surface area contributed by atoms with E-state index in [0.717, 1.165) is 29.5 Å². The number of carbonyl (C=O) groups is 2. The molecule has 152 valence electrons. The fourth-order valence-corrected chi connectivity index (χ4v) is 5.63. The fraction of sp³-hybridized carbons (Fsp3) is 0.579. The van der Waals surface area contributed by atoms with Crippen LogP contribution < -0.4 is 16.2 Å². The third kappa shape index (κ3) is 4.41. The molecule has 28 heavy (non-hydrogen) atoms. The van der Waals surface area contributed by atoms with Crippen LogP contribution in [0.1, 0.15) is 37.6 Å². The van der Waals surface area contributed by atoms with Gasteiger partial charge in [-0.3, -0.25) is 19.5 Å². The lowest BCUT2D eigenvalue weighted by atomic mass is 9.89. The van der Waals surface area contributed by atoms with Crippen LogP contribution in [-0.2, 0) is 24.2 Å². The number of nitrogens with zero attached hydrogens (tertiary/aromatic N) is 2. The Morgan fingerprint density at radius 2 is 2.14 bits per heavy atom. The van der Waals surface area contributed by atoms with Gasteiger partial charge in [-0.05, 0) is 36.7 Å². The minimum Gasteiger partial charge on any atom is -0.341 e. The molecule has 1 aliphatic carbocycles. The van der Waals surface area contributed by atoms with Crippen molar-refractivity contribution < 1.29 is 9.59 Å². The summed E-state index contributed by atoms with van der Waals surface area (Å²) < 4.78 is 1.69. The Balaban J connectivity index is 1.97. The molecule has 2 N–H and O–H groups in total. The van der Waals surface area contributed by atoms with Crippen LogP contribution in [0.2, 0.25) is 0 Å². The predicted octanol–water partition coefficient (Wildman–Crippen LogP) is 2.79. The van der Waals surface area contributed by atoms with Crippen molar-refractivity contribution in [1.29, 1.82) is 0 Å². The summed E-state index contributed by atoms with van der Waals surface area (Å²) in [6.45, 7) is 6.88. The lowest BCUT2D eigenvalue weighted by molar-refractivity contribution is -0.117. The van der Waals surface area contributed by atoms with Crippen molar-refractivity contribution in [3.63, 3.8) is 0 Å². The SMILES string of the molecule is CNC(=O)NC(=O)CSc1nc2sc3c(c2c(=O)n1CC(C)C)CC[C@H](C)C3. The van der Waals surface area contributed by atoms with E-state index in [4.69, 9.17) is 4.98 Å². The first-order valence-corrected chi connectivity index (χ1v) is 11.3. The number of aryl methyl sites for hydroxylation is 1. The second-order valence-electron chi connectivity index (χ2n) is 7.65. The number of imide groups is 1. The van der Waals surface area contributed by atoms with E-state index in [1.165, 1.54) is 29.3 Å². The lowest BCUT2D eigenvalue weighted by Crippen LogP contribution is -2.38. The topological polar surface area (TPSA) is 93.1 Å². The standard InChI is InChI=1S/C19H26N4O3S2/c1-10(2)8-23-17(25)15-12-6-5-11(3)7-13(12)28-16(15)22-19(23)27-9-14(24)21-18(26)20-4/h10-11H,5-9H2,1-4H3,(H2,20,21,24,26)/t11-/m0/s1. The highest BCUT2D eigenvalue weighted by molar-refractivity contribution is 7.99. The molecule has 3 rings (SSSR count). The molecule has 0 fully saturated rings. The molecule has 7 nitrogen and oxygen atoms in total. The van der Waals surface area contributed by atoms with Crippen molar-refractivity contribution in [3.05, 3.63) is 20.8 Å². The average Bonchev–Trinajstić information content (AvgIpc) is 2.99. The number of carbonyl (C=O) groups excluding carboxylic acids is 2. The summed E-state index contributed by atoms with van der Waals surface area (Å²) in [5, 5.41) is 5.87. The number of thiophene rings is 1. The maximum Gasteiger partial charge on any atom is 0.321 e. The van der Waals surface area contributed by atoms with Crippen LogP contribution in [0.5, 0.6) is 0 Å². The van der Waals surface area contributed by atoms with Gasteiger partial charge in [0.2, 0.25) is 5.91 Å². The Morgan fingerprint density at radius 3 is 2.82 bits per heavy atom. The van der Waals surface area contributed by atoms with Crippen LogP contribution in [0, 0.1) is 11.8 Å². The molecule has 0 saturated carbocycles. The summed E-state index contributed by atoms with van der Waals surface area (Å²) in [5.74, 6) is 0.492. The number of hydrogen-bond donors (Lipinski definition) is 2. The Kier molecular flexibility index (Phi) is 6.44. The number of fused-ring (bicyclic) bond motifs is 3. The molecule has 0 aliphatic heterocycles. The highest BCUT2D eigenvalue weighted by atomic mass is 32.2. The van der Waals surface area contributed by atoms with Gasteiger partial charge >= 0.3 is 6.03 Å². The fourth-order valence-electron chi connectivity index (χ4n) is 3.40. The van der Waals surface area contributed by atoms with Crippen molar-refractivity contribution in [2.24, 2.45) is 11.8 Å². The Morgan fingerprint density at radius 1 is 1.39 bits per heavy atom. The zero-order valence-electron chi connectivity index (χ0n) is 16.6. The molecule has 0 unspecified atom stereocenters. The Bertz CT molecular complexity index is 964. The highest BCUT2D eigenvalue weighted by Crippen LogP contribution is 2.36. The summed E-state index contributed by atoms with van der Waals surface area (Å²) in [6, 6.07) is -0.548. The molecule has 0 bridgehead atoms. The van der Waals surface area contributed by atoms with Crippen LogP contribution in [0.3, 0.4) is 0 Å². The molecule has 3 amide bonds. The van der Waals surface area contributed by atoms with Crippen LogP contribution in [0.4, 0.5) is 4.79 Å². The van der Waals surface area contributed by atoms with E-state index in [0.29, 0.717) is 17.6 Å². The van der Waals surface area contributed by atoms with Crippen LogP contribution in [0.15, 0.2) is 9.95 Å². The van der Waals surface area contributed by atoms with E-state index >= 15 is 0 Å². The third-order valence-electron chi connectivity index (χ3n) is 4.74. The highest BCUT2D eigenvalue weighted by Gasteiger charge is 2.25. The molecule has 0 aromatic carbocycles. The normalized spacial score (nSPS) is 16.2. The predicted molar refractivity (Wildman–Crippen MR) is 113 cm³/mol. The van der Waals surface area contributed by atoms with E-state index in [-0.39, 0.29) is 17.2 Å². The largest absolute Gasteiger partial charge is 0.341 e. The number of rotatable bonds is 5. The monoisotopic (exact) mass is 422 g/mol. The van der Waals surface area contributed by atoms with Gasteiger partial charge in [0.1, 0.15) is 4.83 Å². The molecule has 1 aliphatic rings. The first-order valence-electron chi connectivity index (χ1n) is 9.49. The van der Waals surface area contributed by atoms with Crippen molar-refractivity contribution in [2.75, 3.05) is 12.8 Å². The number of nitrogens with one attached hydrogen (secondary N) is 2. The molecule has 1 atom stereocenters. The van der Waals surface area contributed by atoms with Crippen molar-refractivity contribution in [3.8, 4) is 0 Å². The molecular weight excluding hydrogens is 396 g/mol. The quantitative estimate of drug-likeness (QED) is 0.571. The molecule has 0 saturated heterocycles. The van der Waals surface area contributed by atoms with Crippen molar-refractivity contribution >= 4 is 45.3 Å². The summed E-state index contributed by atoms with van der Waals surface area (Å²) in [6.07, 6.45) is 3.02. The van der Waals surface area contributed by atoms with E-state index in [1.54, 1.807) is 15.9 Å². The van der Waals surface area contributed by atoms with Crippen LogP contribution >= 0.6 is 23.1 Å². The van der Waals surface area contributed by atoms with E-state index in [2.05, 4.69) is 17.6 Å². The third-order valence-corrected chi connectivity index (χ3v) is 6.86. The van der Waals surface area contributed by atoms with E-state index in [9.17, 15) is 14.4 Å². The zero-order valence-corrected chi connectivity index (χ0v) is 18.3. The molecular formula is C19H26N4O3S2.